The Morgan fingerprint density at radius 3 is 2.88 bits per heavy atom. The van der Waals surface area contributed by atoms with Crippen molar-refractivity contribution in [2.24, 2.45) is 0 Å². The fourth-order valence-corrected chi connectivity index (χ4v) is 2.36. The number of carbonyl (C=O) groups excluding carboxylic acids is 1. The number of nitrogens with zero attached hydrogens (tertiary/aromatic N) is 3. The molecule has 2 aromatic heterocycles. The van der Waals surface area contributed by atoms with Crippen molar-refractivity contribution in [1.29, 1.82) is 0 Å². The molecule has 1 amide bonds. The van der Waals surface area contributed by atoms with Crippen molar-refractivity contribution in [2.45, 2.75) is 19.6 Å². The Kier molecular flexibility index (Phi) is 5.26. The summed E-state index contributed by atoms with van der Waals surface area (Å²) >= 11 is 0. The third kappa shape index (κ3) is 4.05. The molecule has 1 atom stereocenters. The average Bonchev–Trinajstić information content (AvgIpc) is 3.14. The van der Waals surface area contributed by atoms with Crippen LogP contribution in [0.25, 0.3) is 0 Å². The largest absolute Gasteiger partial charge is 0.484 e. The summed E-state index contributed by atoms with van der Waals surface area (Å²) < 4.78 is 23.8. The lowest BCUT2D eigenvalue weighted by Crippen LogP contribution is -2.30. The van der Waals surface area contributed by atoms with E-state index in [1.54, 1.807) is 25.4 Å². The van der Waals surface area contributed by atoms with E-state index in [1.165, 1.54) is 23.3 Å². The predicted molar refractivity (Wildman–Crippen MR) is 92.0 cm³/mol. The van der Waals surface area contributed by atoms with Gasteiger partial charge in [0.1, 0.15) is 17.8 Å². The lowest BCUT2D eigenvalue weighted by atomic mass is 10.2. The van der Waals surface area contributed by atoms with E-state index in [9.17, 15) is 9.18 Å². The van der Waals surface area contributed by atoms with Crippen LogP contribution in [0, 0.1) is 5.82 Å². The zero-order valence-corrected chi connectivity index (χ0v) is 14.4. The summed E-state index contributed by atoms with van der Waals surface area (Å²) in [5.74, 6) is -0.0896. The van der Waals surface area contributed by atoms with E-state index in [0.29, 0.717) is 5.75 Å². The molecule has 0 N–H and O–H groups in total. The van der Waals surface area contributed by atoms with Crippen LogP contribution in [0.2, 0.25) is 0 Å². The maximum Gasteiger partial charge on any atom is 0.276 e. The lowest BCUT2D eigenvalue weighted by Gasteiger charge is -2.23. The molecule has 0 fully saturated rings. The van der Waals surface area contributed by atoms with Crippen molar-refractivity contribution in [1.82, 2.24) is 14.9 Å². The molecule has 3 rings (SSSR count). The van der Waals surface area contributed by atoms with Gasteiger partial charge in [-0.05, 0) is 31.2 Å². The van der Waals surface area contributed by atoms with Crippen molar-refractivity contribution in [2.75, 3.05) is 7.05 Å². The molecule has 26 heavy (non-hydrogen) atoms. The number of oxazole rings is 1. The van der Waals surface area contributed by atoms with Crippen LogP contribution in [0.5, 0.6) is 5.75 Å². The highest BCUT2D eigenvalue weighted by Gasteiger charge is 2.22. The van der Waals surface area contributed by atoms with E-state index in [1.807, 2.05) is 25.1 Å². The number of ether oxygens (including phenoxy) is 1. The fraction of sp³-hybridized carbons (Fsp3) is 0.211. The molecule has 2 heterocycles. The van der Waals surface area contributed by atoms with Gasteiger partial charge in [0.15, 0.2) is 12.3 Å². The van der Waals surface area contributed by atoms with Gasteiger partial charge in [-0.25, -0.2) is 9.37 Å². The van der Waals surface area contributed by atoms with Crippen LogP contribution in [-0.4, -0.2) is 27.8 Å². The Balaban J connectivity index is 1.64. The predicted octanol–water partition coefficient (Wildman–Crippen LogP) is 3.62. The standard InChI is InChI=1S/C19H18FN3O3/c1-13(16-8-3-4-9-21-16)23(2)19(24)17-11-26-18(22-17)12-25-15-7-5-6-14(20)10-15/h3-11,13H,12H2,1-2H3. The maximum atomic E-state index is 13.1. The first kappa shape index (κ1) is 17.6. The minimum absolute atomic E-state index is 0.00373. The van der Waals surface area contributed by atoms with E-state index in [4.69, 9.17) is 9.15 Å². The Bertz CT molecular complexity index is 883. The molecule has 0 radical (unpaired) electrons. The van der Waals surface area contributed by atoms with Crippen molar-refractivity contribution < 1.29 is 18.3 Å². The summed E-state index contributed by atoms with van der Waals surface area (Å²) in [4.78, 5) is 22.5. The molecule has 6 nitrogen and oxygen atoms in total. The number of amides is 1. The first-order chi connectivity index (χ1) is 12.5. The zero-order chi connectivity index (χ0) is 18.5. The fourth-order valence-electron chi connectivity index (χ4n) is 2.36. The van der Waals surface area contributed by atoms with Crippen LogP contribution in [0.1, 0.15) is 35.0 Å². The highest BCUT2D eigenvalue weighted by atomic mass is 19.1. The molecular formula is C19H18FN3O3. The van der Waals surface area contributed by atoms with Gasteiger partial charge in [-0.3, -0.25) is 9.78 Å². The zero-order valence-electron chi connectivity index (χ0n) is 14.4. The van der Waals surface area contributed by atoms with Gasteiger partial charge in [-0.15, -0.1) is 0 Å². The van der Waals surface area contributed by atoms with E-state index < -0.39 is 5.82 Å². The number of benzene rings is 1. The molecule has 7 heteroatoms. The van der Waals surface area contributed by atoms with Crippen LogP contribution >= 0.6 is 0 Å². The highest BCUT2D eigenvalue weighted by Crippen LogP contribution is 2.19. The Morgan fingerprint density at radius 1 is 1.31 bits per heavy atom. The number of halogens is 1. The molecule has 0 bridgehead atoms. The number of rotatable bonds is 6. The minimum atomic E-state index is -0.393. The number of hydrogen-bond donors (Lipinski definition) is 0. The third-order valence-corrected chi connectivity index (χ3v) is 3.95. The van der Waals surface area contributed by atoms with Gasteiger partial charge in [0, 0.05) is 19.3 Å². The first-order valence-electron chi connectivity index (χ1n) is 8.05. The molecule has 134 valence electrons. The lowest BCUT2D eigenvalue weighted by molar-refractivity contribution is 0.0733. The molecule has 0 saturated heterocycles. The van der Waals surface area contributed by atoms with Crippen LogP contribution in [0.3, 0.4) is 0 Å². The summed E-state index contributed by atoms with van der Waals surface area (Å²) in [6.45, 7) is 1.88. The van der Waals surface area contributed by atoms with Crippen LogP contribution < -0.4 is 4.74 Å². The molecule has 0 aliphatic rings. The summed E-state index contributed by atoms with van der Waals surface area (Å²) in [5, 5.41) is 0. The van der Waals surface area contributed by atoms with Gasteiger partial charge in [-0.1, -0.05) is 12.1 Å². The van der Waals surface area contributed by atoms with Gasteiger partial charge < -0.3 is 14.1 Å². The van der Waals surface area contributed by atoms with Crippen LogP contribution in [0.4, 0.5) is 4.39 Å². The summed E-state index contributed by atoms with van der Waals surface area (Å²) in [6, 6.07) is 11.1. The SMILES string of the molecule is CC(c1ccccn1)N(C)C(=O)c1coc(COc2cccc(F)c2)n1. The molecule has 1 unspecified atom stereocenters. The topological polar surface area (TPSA) is 68.5 Å². The Labute approximate surface area is 150 Å². The minimum Gasteiger partial charge on any atom is -0.484 e. The monoisotopic (exact) mass is 355 g/mol. The van der Waals surface area contributed by atoms with E-state index >= 15 is 0 Å². The highest BCUT2D eigenvalue weighted by molar-refractivity contribution is 5.92. The molecule has 1 aromatic carbocycles. The normalized spacial score (nSPS) is 11.8. The number of hydrogen-bond acceptors (Lipinski definition) is 5. The van der Waals surface area contributed by atoms with Gasteiger partial charge >= 0.3 is 0 Å². The average molecular weight is 355 g/mol. The molecule has 0 spiro atoms. The van der Waals surface area contributed by atoms with E-state index in [0.717, 1.165) is 5.69 Å². The van der Waals surface area contributed by atoms with Crippen LogP contribution in [0.15, 0.2) is 59.3 Å². The maximum absolute atomic E-state index is 13.1. The first-order valence-corrected chi connectivity index (χ1v) is 8.05. The number of aromatic nitrogens is 2. The quantitative estimate of drug-likeness (QED) is 0.675. The second-order valence-corrected chi connectivity index (χ2v) is 5.72. The van der Waals surface area contributed by atoms with E-state index in [-0.39, 0.29) is 30.1 Å². The second kappa shape index (κ2) is 7.77. The second-order valence-electron chi connectivity index (χ2n) is 5.72. The Morgan fingerprint density at radius 2 is 2.15 bits per heavy atom. The summed E-state index contributed by atoms with van der Waals surface area (Å²) in [5.41, 5.74) is 0.953. The van der Waals surface area contributed by atoms with Gasteiger partial charge in [0.25, 0.3) is 5.91 Å². The smallest absolute Gasteiger partial charge is 0.276 e. The van der Waals surface area contributed by atoms with Gasteiger partial charge in [0.05, 0.1) is 11.7 Å². The van der Waals surface area contributed by atoms with Crippen molar-refractivity contribution in [3.8, 4) is 5.75 Å². The van der Waals surface area contributed by atoms with Crippen LogP contribution in [-0.2, 0) is 6.61 Å². The van der Waals surface area contributed by atoms with Gasteiger partial charge in [-0.2, -0.15) is 0 Å². The van der Waals surface area contributed by atoms with Crippen molar-refractivity contribution in [3.05, 3.63) is 78.0 Å². The Hall–Kier alpha value is -3.22. The van der Waals surface area contributed by atoms with E-state index in [2.05, 4.69) is 9.97 Å². The number of carbonyl (C=O) groups is 1. The molecule has 3 aromatic rings. The van der Waals surface area contributed by atoms with Gasteiger partial charge in [0.2, 0.25) is 5.89 Å². The summed E-state index contributed by atoms with van der Waals surface area (Å²) in [7, 11) is 1.68. The summed E-state index contributed by atoms with van der Waals surface area (Å²) in [6.07, 6.45) is 2.97. The third-order valence-electron chi connectivity index (χ3n) is 3.95. The van der Waals surface area contributed by atoms with Crippen molar-refractivity contribution >= 4 is 5.91 Å². The molecular weight excluding hydrogens is 337 g/mol. The molecule has 0 aliphatic heterocycles. The molecule has 0 aliphatic carbocycles. The molecule has 0 saturated carbocycles. The van der Waals surface area contributed by atoms with Crippen molar-refractivity contribution in [3.63, 3.8) is 0 Å². The number of pyridine rings is 1.